The van der Waals surface area contributed by atoms with Crippen molar-refractivity contribution >= 4 is 23.7 Å². The number of ether oxygens (including phenoxy) is 2. The largest absolute Gasteiger partial charge is 0.573 e. The lowest BCUT2D eigenvalue weighted by atomic mass is 9.89. The fourth-order valence-electron chi connectivity index (χ4n) is 6.63. The average molecular weight is 824 g/mol. The summed E-state index contributed by atoms with van der Waals surface area (Å²) in [5, 5.41) is 17.6. The Morgan fingerprint density at radius 2 is 1.35 bits per heavy atom. The summed E-state index contributed by atoms with van der Waals surface area (Å²) in [6.07, 6.45) is -8.44. The number of aliphatic carboxylic acids is 1. The van der Waals surface area contributed by atoms with Crippen LogP contribution in [0.5, 0.6) is 11.5 Å². The SMILES string of the molecule is Cc1nc(CO)c(-c2ccc(-c3ccc(CN4CCC(c5ccc(OC(F)(F)F)cc5)CC4)cc3)cc2)c(OC(=O)N(C(C)C)C(C)C)c1Cl.O=C(O)C(F)(F)F. The highest BCUT2D eigenvalue weighted by Crippen LogP contribution is 2.41. The number of carbonyl (C=O) groups is 2. The summed E-state index contributed by atoms with van der Waals surface area (Å²) >= 11 is 6.68. The molecule has 0 atom stereocenters. The van der Waals surface area contributed by atoms with Gasteiger partial charge < -0.3 is 24.6 Å². The number of aryl methyl sites for hydroxylation is 1. The monoisotopic (exact) mass is 823 g/mol. The Bertz CT molecular complexity index is 1960. The van der Waals surface area contributed by atoms with E-state index in [1.807, 2.05) is 52.0 Å². The Balaban J connectivity index is 0.000000940. The van der Waals surface area contributed by atoms with Gasteiger partial charge in [-0.1, -0.05) is 72.3 Å². The van der Waals surface area contributed by atoms with Gasteiger partial charge >= 0.3 is 24.6 Å². The van der Waals surface area contributed by atoms with Crippen molar-refractivity contribution in [3.8, 4) is 33.8 Å². The highest BCUT2D eigenvalue weighted by atomic mass is 35.5. The number of carboxylic acid groups (broad SMARTS) is 1. The number of likely N-dealkylation sites (tertiary alicyclic amines) is 1. The Morgan fingerprint density at radius 1 is 0.860 bits per heavy atom. The van der Waals surface area contributed by atoms with E-state index in [0.717, 1.165) is 49.2 Å². The molecule has 1 aliphatic heterocycles. The second-order valence-corrected chi connectivity index (χ2v) is 14.4. The zero-order valence-corrected chi connectivity index (χ0v) is 32.7. The van der Waals surface area contributed by atoms with Crippen molar-refractivity contribution in [2.45, 2.75) is 91.2 Å². The molecule has 1 aromatic heterocycles. The van der Waals surface area contributed by atoms with Crippen LogP contribution in [0.25, 0.3) is 22.3 Å². The zero-order chi connectivity index (χ0) is 42.2. The zero-order valence-electron chi connectivity index (χ0n) is 31.9. The van der Waals surface area contributed by atoms with Gasteiger partial charge in [0.2, 0.25) is 0 Å². The normalized spacial score (nSPS) is 13.9. The second-order valence-electron chi connectivity index (χ2n) is 14.0. The van der Waals surface area contributed by atoms with Gasteiger partial charge in [-0.05, 0) is 106 Å². The van der Waals surface area contributed by atoms with Crippen LogP contribution in [0.4, 0.5) is 31.1 Å². The molecule has 0 bridgehead atoms. The number of piperidine rings is 1. The molecule has 0 radical (unpaired) electrons. The highest BCUT2D eigenvalue weighted by molar-refractivity contribution is 6.33. The third-order valence-electron chi connectivity index (χ3n) is 9.28. The molecule has 1 amide bonds. The van der Waals surface area contributed by atoms with Crippen LogP contribution in [0.2, 0.25) is 5.02 Å². The summed E-state index contributed by atoms with van der Waals surface area (Å²) in [5.74, 6) is -2.48. The third-order valence-corrected chi connectivity index (χ3v) is 9.73. The van der Waals surface area contributed by atoms with Gasteiger partial charge in [0.15, 0.2) is 5.75 Å². The number of aliphatic hydroxyl groups is 1. The molecule has 4 aromatic rings. The van der Waals surface area contributed by atoms with E-state index < -0.39 is 24.6 Å². The standard InChI is InChI=1S/C39H43ClF3N3O4.C2HF3O2/c1-24(2)46(25(3)4)38(48)49-37-35(34(23-47)44-26(5)36(37)40)32-12-10-29(11-13-32)28-8-6-27(7-9-28)22-45-20-18-31(19-21-45)30-14-16-33(17-15-30)50-39(41,42)43;3-2(4,5)1(6)7/h6-17,24-25,31,47H,18-23H2,1-5H3;(H,6,7). The van der Waals surface area contributed by atoms with Crippen LogP contribution in [-0.4, -0.2) is 74.8 Å². The number of alkyl halides is 6. The van der Waals surface area contributed by atoms with E-state index in [-0.39, 0.29) is 35.2 Å². The van der Waals surface area contributed by atoms with Crippen molar-refractivity contribution < 1.29 is 55.6 Å². The molecule has 1 aliphatic rings. The molecule has 57 heavy (non-hydrogen) atoms. The number of halogens is 7. The minimum atomic E-state index is -5.08. The molecule has 308 valence electrons. The van der Waals surface area contributed by atoms with Gasteiger partial charge in [0, 0.05) is 18.6 Å². The van der Waals surface area contributed by atoms with Crippen LogP contribution in [0, 0.1) is 6.92 Å². The number of amides is 1. The maximum atomic E-state index is 13.3. The van der Waals surface area contributed by atoms with Crippen LogP contribution in [0.3, 0.4) is 0 Å². The molecule has 0 saturated carbocycles. The van der Waals surface area contributed by atoms with Crippen molar-refractivity contribution in [2.24, 2.45) is 0 Å². The first-order chi connectivity index (χ1) is 26.7. The number of rotatable bonds is 10. The number of carbonyl (C=O) groups excluding carboxylic acids is 1. The Labute approximate surface area is 331 Å². The molecule has 9 nitrogen and oxygen atoms in total. The van der Waals surface area contributed by atoms with E-state index in [2.05, 4.69) is 38.9 Å². The Morgan fingerprint density at radius 3 is 1.81 bits per heavy atom. The Kier molecular flexibility index (Phi) is 15.0. The van der Waals surface area contributed by atoms with E-state index in [9.17, 15) is 36.2 Å². The minimum Gasteiger partial charge on any atom is -0.475 e. The molecule has 2 heterocycles. The van der Waals surface area contributed by atoms with Gasteiger partial charge in [-0.25, -0.2) is 9.59 Å². The molecule has 2 N–H and O–H groups in total. The van der Waals surface area contributed by atoms with Crippen molar-refractivity contribution in [3.63, 3.8) is 0 Å². The topological polar surface area (TPSA) is 112 Å². The van der Waals surface area contributed by atoms with Crippen molar-refractivity contribution in [2.75, 3.05) is 13.1 Å². The summed E-state index contributed by atoms with van der Waals surface area (Å²) in [5.41, 5.74) is 6.26. The molecule has 5 rings (SSSR count). The van der Waals surface area contributed by atoms with E-state index in [1.54, 1.807) is 24.0 Å². The first-order valence-corrected chi connectivity index (χ1v) is 18.4. The van der Waals surface area contributed by atoms with Gasteiger partial charge in [0.05, 0.1) is 23.6 Å². The van der Waals surface area contributed by atoms with Crippen molar-refractivity contribution in [1.82, 2.24) is 14.8 Å². The number of aromatic nitrogens is 1. The number of benzene rings is 3. The van der Waals surface area contributed by atoms with Crippen molar-refractivity contribution in [1.29, 1.82) is 0 Å². The Hall–Kier alpha value is -4.86. The van der Waals surface area contributed by atoms with Gasteiger partial charge in [0.25, 0.3) is 0 Å². The molecule has 3 aromatic carbocycles. The maximum absolute atomic E-state index is 13.3. The van der Waals surface area contributed by atoms with Crippen LogP contribution >= 0.6 is 11.6 Å². The fraction of sp³-hybridized carbons (Fsp3) is 0.390. The van der Waals surface area contributed by atoms with Gasteiger partial charge in [-0.3, -0.25) is 9.88 Å². The van der Waals surface area contributed by atoms with Crippen LogP contribution in [0.15, 0.2) is 72.8 Å². The molecule has 0 unspecified atom stereocenters. The van der Waals surface area contributed by atoms with E-state index in [1.165, 1.54) is 17.7 Å². The maximum Gasteiger partial charge on any atom is 0.573 e. The number of hydrogen-bond acceptors (Lipinski definition) is 7. The van der Waals surface area contributed by atoms with Crippen molar-refractivity contribution in [3.05, 3.63) is 100 Å². The van der Waals surface area contributed by atoms with Crippen LogP contribution < -0.4 is 9.47 Å². The lowest BCUT2D eigenvalue weighted by Crippen LogP contribution is -2.43. The minimum absolute atomic E-state index is 0.0905. The summed E-state index contributed by atoms with van der Waals surface area (Å²) < 4.78 is 79.1. The number of hydrogen-bond donors (Lipinski definition) is 2. The molecule has 0 aliphatic carbocycles. The molecule has 1 saturated heterocycles. The van der Waals surface area contributed by atoms with E-state index >= 15 is 0 Å². The first kappa shape index (κ1) is 44.8. The second kappa shape index (κ2) is 19.1. The van der Waals surface area contributed by atoms with Crippen LogP contribution in [0.1, 0.15) is 69.0 Å². The lowest BCUT2D eigenvalue weighted by Gasteiger charge is -2.32. The number of nitrogens with zero attached hydrogens (tertiary/aromatic N) is 3. The summed E-state index contributed by atoms with van der Waals surface area (Å²) in [6, 6.07) is 22.2. The quantitative estimate of drug-likeness (QED) is 0.152. The number of carboxylic acids is 1. The van der Waals surface area contributed by atoms with Crippen LogP contribution in [-0.2, 0) is 17.9 Å². The third kappa shape index (κ3) is 12.3. The van der Waals surface area contributed by atoms with E-state index in [0.29, 0.717) is 28.4 Å². The number of pyridine rings is 1. The first-order valence-electron chi connectivity index (χ1n) is 18.1. The molecule has 0 spiro atoms. The van der Waals surface area contributed by atoms with E-state index in [4.69, 9.17) is 26.2 Å². The fourth-order valence-corrected chi connectivity index (χ4v) is 6.81. The molecule has 16 heteroatoms. The predicted molar refractivity (Wildman–Crippen MR) is 203 cm³/mol. The predicted octanol–water partition coefficient (Wildman–Crippen LogP) is 10.4. The molecular weight excluding hydrogens is 780 g/mol. The van der Waals surface area contributed by atoms with Gasteiger partial charge in [-0.2, -0.15) is 13.2 Å². The highest BCUT2D eigenvalue weighted by Gasteiger charge is 2.38. The summed E-state index contributed by atoms with van der Waals surface area (Å²) in [6.45, 7) is 11.6. The smallest absolute Gasteiger partial charge is 0.475 e. The lowest BCUT2D eigenvalue weighted by molar-refractivity contribution is -0.274. The molecular formula is C41H44ClF6N3O6. The summed E-state index contributed by atoms with van der Waals surface area (Å²) in [7, 11) is 0. The summed E-state index contributed by atoms with van der Waals surface area (Å²) in [4.78, 5) is 30.7. The average Bonchev–Trinajstić information content (AvgIpc) is 3.13. The number of aliphatic hydroxyl groups excluding tert-OH is 1. The van der Waals surface area contributed by atoms with Gasteiger partial charge in [-0.15, -0.1) is 13.2 Å². The molecule has 1 fully saturated rings. The van der Waals surface area contributed by atoms with Gasteiger partial charge in [0.1, 0.15) is 10.8 Å².